The zero-order chi connectivity index (χ0) is 24.3. The average Bonchev–Trinajstić information content (AvgIpc) is 3.15. The summed E-state index contributed by atoms with van der Waals surface area (Å²) >= 11 is 0. The largest absolute Gasteiger partial charge is 0.356 e. The number of fused-ring (bicyclic) bond motifs is 6. The molecule has 0 unspecified atom stereocenters. The minimum atomic E-state index is 0.00458. The Morgan fingerprint density at radius 1 is 0.472 bits per heavy atom. The molecule has 0 atom stereocenters. The first-order valence-electron chi connectivity index (χ1n) is 12.6. The molecule has 0 saturated carbocycles. The number of hydrogen-bond acceptors (Lipinski definition) is 1. The van der Waals surface area contributed by atoms with Crippen molar-refractivity contribution in [1.29, 1.82) is 0 Å². The number of nitrogens with one attached hydrogen (secondary N) is 1. The zero-order valence-corrected chi connectivity index (χ0v) is 20.5. The average molecular weight is 462 g/mol. The molecule has 1 aliphatic rings. The summed E-state index contributed by atoms with van der Waals surface area (Å²) in [6.45, 7) is 4.65. The van der Waals surface area contributed by atoms with Gasteiger partial charge in [-0.15, -0.1) is 0 Å². The number of rotatable bonds is 3. The third kappa shape index (κ3) is 3.17. The van der Waals surface area contributed by atoms with Crippen LogP contribution in [-0.4, -0.2) is 0 Å². The van der Waals surface area contributed by atoms with Gasteiger partial charge in [-0.1, -0.05) is 105 Å². The van der Waals surface area contributed by atoms with Crippen molar-refractivity contribution in [2.24, 2.45) is 0 Å². The summed E-state index contributed by atoms with van der Waals surface area (Å²) in [7, 11) is 0. The van der Waals surface area contributed by atoms with Crippen LogP contribution in [0.15, 0.2) is 121 Å². The lowest BCUT2D eigenvalue weighted by Crippen LogP contribution is -2.15. The first-order chi connectivity index (χ1) is 17.6. The quantitative estimate of drug-likeness (QED) is 0.259. The third-order valence-corrected chi connectivity index (χ3v) is 7.84. The van der Waals surface area contributed by atoms with Gasteiger partial charge in [0.05, 0.1) is 0 Å². The maximum absolute atomic E-state index is 3.64. The van der Waals surface area contributed by atoms with Crippen LogP contribution < -0.4 is 5.32 Å². The summed E-state index contributed by atoms with van der Waals surface area (Å²) in [6.07, 6.45) is 0. The fourth-order valence-electron chi connectivity index (χ4n) is 5.97. The van der Waals surface area contributed by atoms with E-state index in [9.17, 15) is 0 Å². The summed E-state index contributed by atoms with van der Waals surface area (Å²) in [6, 6.07) is 44.1. The van der Waals surface area contributed by atoms with Crippen molar-refractivity contribution >= 4 is 32.9 Å². The van der Waals surface area contributed by atoms with Crippen LogP contribution in [-0.2, 0) is 5.41 Å². The lowest BCUT2D eigenvalue weighted by Gasteiger charge is -2.22. The SMILES string of the molecule is CC1(C)c2ccccc2-c2ccc(Nc3ccc(-c4cc5ccccc5c5ccccc45)cc3)cc21. The van der Waals surface area contributed by atoms with Gasteiger partial charge in [-0.25, -0.2) is 0 Å². The lowest BCUT2D eigenvalue weighted by atomic mass is 9.82. The molecule has 7 rings (SSSR count). The molecule has 36 heavy (non-hydrogen) atoms. The predicted octanol–water partition coefficient (Wildman–Crippen LogP) is 9.71. The van der Waals surface area contributed by atoms with Gasteiger partial charge in [0, 0.05) is 16.8 Å². The van der Waals surface area contributed by atoms with Crippen LogP contribution in [0.1, 0.15) is 25.0 Å². The third-order valence-electron chi connectivity index (χ3n) is 7.84. The maximum Gasteiger partial charge on any atom is 0.0387 e. The molecular weight excluding hydrogens is 434 g/mol. The molecule has 1 aliphatic carbocycles. The first-order valence-corrected chi connectivity index (χ1v) is 12.6. The van der Waals surface area contributed by atoms with E-state index in [0.29, 0.717) is 0 Å². The highest BCUT2D eigenvalue weighted by atomic mass is 14.9. The highest BCUT2D eigenvalue weighted by Gasteiger charge is 2.35. The van der Waals surface area contributed by atoms with Crippen LogP contribution in [0, 0.1) is 0 Å². The smallest absolute Gasteiger partial charge is 0.0387 e. The topological polar surface area (TPSA) is 12.0 Å². The molecular formula is C35H27N. The van der Waals surface area contributed by atoms with Gasteiger partial charge in [0.2, 0.25) is 0 Å². The van der Waals surface area contributed by atoms with Gasteiger partial charge in [0.25, 0.3) is 0 Å². The minimum absolute atomic E-state index is 0.00458. The van der Waals surface area contributed by atoms with Crippen LogP contribution >= 0.6 is 0 Å². The van der Waals surface area contributed by atoms with Gasteiger partial charge in [-0.3, -0.25) is 0 Å². The van der Waals surface area contributed by atoms with Crippen molar-refractivity contribution in [3.8, 4) is 22.3 Å². The molecule has 0 bridgehead atoms. The van der Waals surface area contributed by atoms with E-state index < -0.39 is 0 Å². The molecule has 1 heteroatoms. The second-order valence-electron chi connectivity index (χ2n) is 10.3. The van der Waals surface area contributed by atoms with E-state index in [1.807, 2.05) is 0 Å². The Balaban J connectivity index is 1.23. The van der Waals surface area contributed by atoms with E-state index in [0.717, 1.165) is 11.4 Å². The Hall–Kier alpha value is -4.36. The Labute approximate surface area is 212 Å². The molecule has 0 fully saturated rings. The van der Waals surface area contributed by atoms with Gasteiger partial charge in [0.15, 0.2) is 0 Å². The highest BCUT2D eigenvalue weighted by molar-refractivity contribution is 6.13. The van der Waals surface area contributed by atoms with Crippen molar-refractivity contribution in [1.82, 2.24) is 0 Å². The minimum Gasteiger partial charge on any atom is -0.356 e. The Morgan fingerprint density at radius 2 is 1.11 bits per heavy atom. The summed E-state index contributed by atoms with van der Waals surface area (Å²) in [5, 5.41) is 8.81. The van der Waals surface area contributed by atoms with Crippen LogP contribution in [0.2, 0.25) is 0 Å². The highest BCUT2D eigenvalue weighted by Crippen LogP contribution is 2.49. The molecule has 0 aliphatic heterocycles. The monoisotopic (exact) mass is 461 g/mol. The molecule has 0 radical (unpaired) electrons. The molecule has 0 heterocycles. The normalized spacial score (nSPS) is 13.5. The molecule has 172 valence electrons. The van der Waals surface area contributed by atoms with Crippen LogP contribution in [0.3, 0.4) is 0 Å². The first kappa shape index (κ1) is 21.0. The second kappa shape index (κ2) is 7.83. The fourth-order valence-corrected chi connectivity index (χ4v) is 5.97. The molecule has 6 aromatic carbocycles. The van der Waals surface area contributed by atoms with E-state index in [4.69, 9.17) is 0 Å². The number of hydrogen-bond donors (Lipinski definition) is 1. The summed E-state index contributed by atoms with van der Waals surface area (Å²) in [5.74, 6) is 0. The molecule has 0 aromatic heterocycles. The van der Waals surface area contributed by atoms with Crippen molar-refractivity contribution in [3.63, 3.8) is 0 Å². The zero-order valence-electron chi connectivity index (χ0n) is 20.5. The number of benzene rings is 6. The van der Waals surface area contributed by atoms with Crippen molar-refractivity contribution < 1.29 is 0 Å². The van der Waals surface area contributed by atoms with Crippen LogP contribution in [0.25, 0.3) is 43.8 Å². The maximum atomic E-state index is 3.64. The summed E-state index contributed by atoms with van der Waals surface area (Å²) in [4.78, 5) is 0. The van der Waals surface area contributed by atoms with Crippen molar-refractivity contribution in [2.45, 2.75) is 19.3 Å². The lowest BCUT2D eigenvalue weighted by molar-refractivity contribution is 0.660. The van der Waals surface area contributed by atoms with Gasteiger partial charge >= 0.3 is 0 Å². The van der Waals surface area contributed by atoms with Crippen LogP contribution in [0.5, 0.6) is 0 Å². The molecule has 1 nitrogen and oxygen atoms in total. The molecule has 0 spiro atoms. The van der Waals surface area contributed by atoms with Gasteiger partial charge in [-0.2, -0.15) is 0 Å². The standard InChI is InChI=1S/C35H27N/c1-35(2)33-14-8-7-13-30(33)31-20-19-26(22-34(31)35)36-25-17-15-23(16-18-25)32-21-24-9-3-4-10-27(24)28-11-5-6-12-29(28)32/h3-22,36H,1-2H3. The second-order valence-corrected chi connectivity index (χ2v) is 10.3. The van der Waals surface area contributed by atoms with E-state index in [-0.39, 0.29) is 5.41 Å². The number of anilines is 2. The van der Waals surface area contributed by atoms with Gasteiger partial charge in [0.1, 0.15) is 0 Å². The van der Waals surface area contributed by atoms with Gasteiger partial charge < -0.3 is 5.32 Å². The molecule has 0 amide bonds. The Kier molecular flexibility index (Phi) is 4.56. The Morgan fingerprint density at radius 3 is 1.94 bits per heavy atom. The summed E-state index contributed by atoms with van der Waals surface area (Å²) < 4.78 is 0. The molecule has 1 N–H and O–H groups in total. The van der Waals surface area contributed by atoms with Gasteiger partial charge in [-0.05, 0) is 85.3 Å². The van der Waals surface area contributed by atoms with E-state index in [1.54, 1.807) is 0 Å². The fraction of sp³-hybridized carbons (Fsp3) is 0.0857. The van der Waals surface area contributed by atoms with E-state index in [2.05, 4.69) is 140 Å². The van der Waals surface area contributed by atoms with Crippen molar-refractivity contribution in [2.75, 3.05) is 5.32 Å². The van der Waals surface area contributed by atoms with Crippen LogP contribution in [0.4, 0.5) is 11.4 Å². The predicted molar refractivity (Wildman–Crippen MR) is 154 cm³/mol. The molecule has 0 saturated heterocycles. The van der Waals surface area contributed by atoms with E-state index >= 15 is 0 Å². The summed E-state index contributed by atoms with van der Waals surface area (Å²) in [5.41, 5.74) is 10.2. The molecule has 6 aromatic rings. The van der Waals surface area contributed by atoms with E-state index in [1.165, 1.54) is 54.9 Å². The van der Waals surface area contributed by atoms with Crippen molar-refractivity contribution in [3.05, 3.63) is 132 Å². The Bertz CT molecular complexity index is 1770.